The minimum absolute atomic E-state index is 0.109. The third kappa shape index (κ3) is 5.71. The summed E-state index contributed by atoms with van der Waals surface area (Å²) in [4.78, 5) is 18.6. The van der Waals surface area contributed by atoms with Crippen molar-refractivity contribution in [3.8, 4) is 5.82 Å². The van der Waals surface area contributed by atoms with Gasteiger partial charge in [-0.3, -0.25) is 4.57 Å². The predicted molar refractivity (Wildman–Crippen MR) is 146 cm³/mol. The normalized spacial score (nSPS) is 22.2. The highest BCUT2D eigenvalue weighted by molar-refractivity contribution is 5.78. The molecule has 0 radical (unpaired) electrons. The van der Waals surface area contributed by atoms with Crippen molar-refractivity contribution in [2.45, 2.75) is 51.1 Å². The second-order valence-corrected chi connectivity index (χ2v) is 10.8. The lowest BCUT2D eigenvalue weighted by Gasteiger charge is -2.39. The smallest absolute Gasteiger partial charge is 0.296 e. The van der Waals surface area contributed by atoms with Gasteiger partial charge in [-0.1, -0.05) is 12.1 Å². The fourth-order valence-electron chi connectivity index (χ4n) is 6.07. The van der Waals surface area contributed by atoms with Crippen LogP contribution in [-0.2, 0) is 9.47 Å². The van der Waals surface area contributed by atoms with Gasteiger partial charge in [0, 0.05) is 38.4 Å². The largest absolute Gasteiger partial charge is 0.381 e. The number of para-hydroxylation sites is 2. The highest BCUT2D eigenvalue weighted by Crippen LogP contribution is 2.30. The summed E-state index contributed by atoms with van der Waals surface area (Å²) in [5.74, 6) is 1.73. The number of halogens is 2. The van der Waals surface area contributed by atoms with Gasteiger partial charge < -0.3 is 24.6 Å². The van der Waals surface area contributed by atoms with E-state index < -0.39 is 6.43 Å². The van der Waals surface area contributed by atoms with E-state index in [1.165, 1.54) is 4.57 Å². The molecule has 0 unspecified atom stereocenters. The Balaban J connectivity index is 1.26. The first-order valence-corrected chi connectivity index (χ1v) is 14.1. The van der Waals surface area contributed by atoms with Gasteiger partial charge in [-0.05, 0) is 63.7 Å². The highest BCUT2D eigenvalue weighted by atomic mass is 19.3. The summed E-state index contributed by atoms with van der Waals surface area (Å²) in [5, 5.41) is 3.46. The van der Waals surface area contributed by atoms with Crippen LogP contribution in [-0.4, -0.2) is 89.1 Å². The number of nitrogens with one attached hydrogen (secondary N) is 1. The highest BCUT2D eigenvalue weighted by Gasteiger charge is 2.28. The Morgan fingerprint density at radius 1 is 0.949 bits per heavy atom. The molecule has 6 rings (SSSR count). The van der Waals surface area contributed by atoms with E-state index in [0.29, 0.717) is 60.3 Å². The van der Waals surface area contributed by atoms with Crippen LogP contribution in [0.25, 0.3) is 16.9 Å². The number of alkyl halides is 2. The molecule has 5 heterocycles. The molecule has 0 spiro atoms. The van der Waals surface area contributed by atoms with Gasteiger partial charge in [-0.15, -0.1) is 0 Å². The molecule has 11 heteroatoms. The number of ether oxygens (including phenoxy) is 2. The lowest BCUT2D eigenvalue weighted by Crippen LogP contribution is -2.45. The number of aromatic nitrogens is 4. The van der Waals surface area contributed by atoms with E-state index in [2.05, 4.69) is 27.0 Å². The van der Waals surface area contributed by atoms with Crippen molar-refractivity contribution >= 4 is 22.8 Å². The Kier molecular flexibility index (Phi) is 7.90. The van der Waals surface area contributed by atoms with E-state index >= 15 is 0 Å². The second-order valence-electron chi connectivity index (χ2n) is 10.8. The lowest BCUT2D eigenvalue weighted by atomic mass is 9.94. The molecule has 1 aromatic carbocycles. The number of likely N-dealkylation sites (tertiary alicyclic amines) is 1. The van der Waals surface area contributed by atoms with Crippen LogP contribution in [0.5, 0.6) is 0 Å². The molecule has 3 saturated heterocycles. The predicted octanol–water partition coefficient (Wildman–Crippen LogP) is 4.28. The van der Waals surface area contributed by atoms with Gasteiger partial charge in [-0.2, -0.15) is 9.97 Å². The molecule has 0 aliphatic carbocycles. The van der Waals surface area contributed by atoms with Crippen molar-refractivity contribution in [3.63, 3.8) is 0 Å². The molecule has 1 atom stereocenters. The van der Waals surface area contributed by atoms with E-state index in [1.807, 2.05) is 6.07 Å². The molecule has 3 aliphatic rings. The molecule has 39 heavy (non-hydrogen) atoms. The molecule has 0 saturated carbocycles. The standard InChI is InChI=1S/C28H37F2N7O2/c1-19-18-39-15-12-36(19)24-16-25(37-23-5-3-2-4-22(23)32-27(37)26(29)30)34-28(33-24)31-17-20-6-10-35(11-7-20)21-8-13-38-14-9-21/h2-5,16,19-21,26H,6-15,17-18H2,1H3,(H,31,33,34)/t19-/m0/s1. The van der Waals surface area contributed by atoms with Crippen molar-refractivity contribution in [1.29, 1.82) is 0 Å². The number of piperidine rings is 1. The number of nitrogens with zero attached hydrogens (tertiary/aromatic N) is 6. The zero-order valence-corrected chi connectivity index (χ0v) is 22.4. The number of imidazole rings is 1. The quantitative estimate of drug-likeness (QED) is 0.475. The monoisotopic (exact) mass is 541 g/mol. The summed E-state index contributed by atoms with van der Waals surface area (Å²) >= 11 is 0. The summed E-state index contributed by atoms with van der Waals surface area (Å²) in [5.41, 5.74) is 1.11. The average Bonchev–Trinajstić information content (AvgIpc) is 3.37. The molecule has 0 bridgehead atoms. The van der Waals surface area contributed by atoms with Crippen molar-refractivity contribution in [2.75, 3.05) is 62.8 Å². The summed E-state index contributed by atoms with van der Waals surface area (Å²) in [6.45, 7) is 8.59. The molecule has 3 aliphatic heterocycles. The van der Waals surface area contributed by atoms with E-state index in [4.69, 9.17) is 19.4 Å². The van der Waals surface area contributed by atoms with Crippen molar-refractivity contribution in [2.24, 2.45) is 5.92 Å². The van der Waals surface area contributed by atoms with Gasteiger partial charge in [0.2, 0.25) is 5.95 Å². The number of benzene rings is 1. The fourth-order valence-corrected chi connectivity index (χ4v) is 6.07. The molecule has 3 aromatic rings. The van der Waals surface area contributed by atoms with Gasteiger partial charge >= 0.3 is 0 Å². The van der Waals surface area contributed by atoms with Crippen LogP contribution < -0.4 is 10.2 Å². The maximum Gasteiger partial charge on any atom is 0.296 e. The van der Waals surface area contributed by atoms with Crippen LogP contribution in [0.3, 0.4) is 0 Å². The Bertz CT molecular complexity index is 1260. The molecule has 1 N–H and O–H groups in total. The van der Waals surface area contributed by atoms with Crippen LogP contribution >= 0.6 is 0 Å². The SMILES string of the molecule is C[C@H]1COCCN1c1cc(-n2c(C(F)F)nc3ccccc32)nc(NCC2CCN(C3CCOCC3)CC2)n1. The Hall–Kier alpha value is -2.89. The number of hydrogen-bond acceptors (Lipinski definition) is 8. The summed E-state index contributed by atoms with van der Waals surface area (Å²) in [6.07, 6.45) is 1.72. The van der Waals surface area contributed by atoms with Crippen LogP contribution in [0, 0.1) is 5.92 Å². The molecule has 0 amide bonds. The minimum atomic E-state index is -2.74. The topological polar surface area (TPSA) is 80.6 Å². The van der Waals surface area contributed by atoms with Crippen molar-refractivity contribution in [1.82, 2.24) is 24.4 Å². The lowest BCUT2D eigenvalue weighted by molar-refractivity contribution is 0.0219. The van der Waals surface area contributed by atoms with E-state index in [1.54, 1.807) is 24.3 Å². The van der Waals surface area contributed by atoms with Crippen molar-refractivity contribution in [3.05, 3.63) is 36.2 Å². The summed E-state index contributed by atoms with van der Waals surface area (Å²) in [7, 11) is 0. The Morgan fingerprint density at radius 3 is 2.49 bits per heavy atom. The third-order valence-corrected chi connectivity index (χ3v) is 8.28. The number of hydrogen-bond donors (Lipinski definition) is 1. The van der Waals surface area contributed by atoms with E-state index in [-0.39, 0.29) is 11.9 Å². The molecule has 9 nitrogen and oxygen atoms in total. The van der Waals surface area contributed by atoms with Gasteiger partial charge in [0.15, 0.2) is 5.82 Å². The Morgan fingerprint density at radius 2 is 1.72 bits per heavy atom. The van der Waals surface area contributed by atoms with Crippen LogP contribution in [0.15, 0.2) is 30.3 Å². The zero-order chi connectivity index (χ0) is 26.8. The van der Waals surface area contributed by atoms with Crippen LogP contribution in [0.2, 0.25) is 0 Å². The van der Waals surface area contributed by atoms with Gasteiger partial charge in [0.1, 0.15) is 11.6 Å². The molecule has 210 valence electrons. The number of morpholine rings is 1. The summed E-state index contributed by atoms with van der Waals surface area (Å²) < 4.78 is 40.9. The molecular formula is C28H37F2N7O2. The van der Waals surface area contributed by atoms with Gasteiger partial charge in [0.05, 0.1) is 30.3 Å². The van der Waals surface area contributed by atoms with Crippen LogP contribution in [0.4, 0.5) is 20.5 Å². The molecule has 3 fully saturated rings. The first-order valence-electron chi connectivity index (χ1n) is 14.1. The maximum absolute atomic E-state index is 14.1. The second kappa shape index (κ2) is 11.7. The maximum atomic E-state index is 14.1. The van der Waals surface area contributed by atoms with Crippen molar-refractivity contribution < 1.29 is 18.3 Å². The fraction of sp³-hybridized carbons (Fsp3) is 0.607. The van der Waals surface area contributed by atoms with E-state index in [9.17, 15) is 8.78 Å². The third-order valence-electron chi connectivity index (χ3n) is 8.28. The summed E-state index contributed by atoms with van der Waals surface area (Å²) in [6, 6.07) is 9.71. The van der Waals surface area contributed by atoms with E-state index in [0.717, 1.165) is 58.5 Å². The zero-order valence-electron chi connectivity index (χ0n) is 22.4. The van der Waals surface area contributed by atoms with Gasteiger partial charge in [-0.25, -0.2) is 13.8 Å². The number of rotatable bonds is 7. The minimum Gasteiger partial charge on any atom is -0.381 e. The van der Waals surface area contributed by atoms with Crippen LogP contribution in [0.1, 0.15) is 44.9 Å². The number of anilines is 2. The number of fused-ring (bicyclic) bond motifs is 1. The average molecular weight is 542 g/mol. The molecule has 2 aromatic heterocycles. The molecular weight excluding hydrogens is 504 g/mol. The first-order chi connectivity index (χ1) is 19.1. The Labute approximate surface area is 227 Å². The first kappa shape index (κ1) is 26.3. The van der Waals surface area contributed by atoms with Gasteiger partial charge in [0.25, 0.3) is 6.43 Å².